The van der Waals surface area contributed by atoms with Gasteiger partial charge in [-0.3, -0.25) is 0 Å². The molecule has 0 saturated heterocycles. The second-order valence-corrected chi connectivity index (χ2v) is 6.79. The van der Waals surface area contributed by atoms with Crippen molar-refractivity contribution >= 4 is 23.4 Å². The molecule has 0 radical (unpaired) electrons. The maximum atomic E-state index is 13.8. The van der Waals surface area contributed by atoms with Crippen LogP contribution in [0.4, 0.5) is 8.78 Å². The van der Waals surface area contributed by atoms with Crippen molar-refractivity contribution in [3.63, 3.8) is 0 Å². The van der Waals surface area contributed by atoms with Crippen molar-refractivity contribution in [1.29, 1.82) is 0 Å². The summed E-state index contributed by atoms with van der Waals surface area (Å²) in [6, 6.07) is 12.2. The van der Waals surface area contributed by atoms with Gasteiger partial charge in [0.15, 0.2) is 5.16 Å². The van der Waals surface area contributed by atoms with Crippen LogP contribution in [0.25, 0.3) is 0 Å². The average molecular weight is 393 g/mol. The quantitative estimate of drug-likeness (QED) is 0.377. The normalized spacial score (nSPS) is 10.8. The Morgan fingerprint density at radius 1 is 1.04 bits per heavy atom. The maximum Gasteiger partial charge on any atom is 0.223 e. The van der Waals surface area contributed by atoms with Crippen LogP contribution in [0.15, 0.2) is 53.7 Å². The van der Waals surface area contributed by atoms with Gasteiger partial charge in [-0.1, -0.05) is 36.4 Å². The molecule has 0 amide bonds. The zero-order valence-electron chi connectivity index (χ0n) is 13.9. The molecule has 0 fully saturated rings. The molecule has 0 atom stereocenters. The zero-order chi connectivity index (χ0) is 18.5. The monoisotopic (exact) mass is 392 g/mol. The minimum Gasteiger partial charge on any atom is -0.439 e. The Hall–Kier alpha value is -2.18. The number of benzene rings is 2. The van der Waals surface area contributed by atoms with Gasteiger partial charge >= 0.3 is 0 Å². The molecule has 26 heavy (non-hydrogen) atoms. The molecule has 0 aliphatic carbocycles. The molecular weight excluding hydrogens is 378 g/mol. The van der Waals surface area contributed by atoms with Crippen molar-refractivity contribution in [2.45, 2.75) is 24.3 Å². The highest BCUT2D eigenvalue weighted by Gasteiger charge is 2.10. The molecule has 0 aliphatic heterocycles. The number of rotatable bonds is 6. The number of halogens is 3. The van der Waals surface area contributed by atoms with Crippen LogP contribution in [0.2, 0.25) is 5.02 Å². The summed E-state index contributed by atoms with van der Waals surface area (Å²) in [5, 5.41) is 1.09. The van der Waals surface area contributed by atoms with Crippen LogP contribution < -0.4 is 4.74 Å². The van der Waals surface area contributed by atoms with Crippen LogP contribution in [0, 0.1) is 11.6 Å². The fourth-order valence-corrected chi connectivity index (χ4v) is 3.13. The number of ether oxygens (including phenoxy) is 1. The Balaban J connectivity index is 1.77. The Bertz CT molecular complexity index is 907. The van der Waals surface area contributed by atoms with E-state index in [2.05, 4.69) is 9.97 Å². The molecule has 0 unspecified atom stereocenters. The van der Waals surface area contributed by atoms with E-state index in [1.54, 1.807) is 30.3 Å². The molecule has 3 rings (SSSR count). The lowest BCUT2D eigenvalue weighted by atomic mass is 10.2. The lowest BCUT2D eigenvalue weighted by Gasteiger charge is -2.09. The van der Waals surface area contributed by atoms with E-state index >= 15 is 0 Å². The summed E-state index contributed by atoms with van der Waals surface area (Å²) in [6.07, 6.45) is 0.706. The molecule has 2 aromatic carbocycles. The topological polar surface area (TPSA) is 35.0 Å². The van der Waals surface area contributed by atoms with Gasteiger partial charge in [0.1, 0.15) is 17.4 Å². The Kier molecular flexibility index (Phi) is 6.06. The van der Waals surface area contributed by atoms with Gasteiger partial charge in [0, 0.05) is 28.6 Å². The fourth-order valence-electron chi connectivity index (χ4n) is 2.15. The molecule has 0 spiro atoms. The Labute approximate surface area is 159 Å². The lowest BCUT2D eigenvalue weighted by molar-refractivity contribution is 0.454. The van der Waals surface area contributed by atoms with Crippen LogP contribution in [-0.4, -0.2) is 9.97 Å². The smallest absolute Gasteiger partial charge is 0.223 e. The number of nitrogens with zero attached hydrogens (tertiary/aromatic N) is 2. The third kappa shape index (κ3) is 4.93. The van der Waals surface area contributed by atoms with Crippen LogP contribution in [0.1, 0.15) is 18.2 Å². The summed E-state index contributed by atoms with van der Waals surface area (Å²) in [7, 11) is 0. The van der Waals surface area contributed by atoms with Gasteiger partial charge in [-0.25, -0.2) is 13.8 Å². The fraction of sp³-hybridized carbons (Fsp3) is 0.158. The van der Waals surface area contributed by atoms with E-state index in [1.165, 1.54) is 23.9 Å². The number of thioether (sulfide) groups is 1. The minimum absolute atomic E-state index is 0.291. The van der Waals surface area contributed by atoms with Gasteiger partial charge in [-0.15, -0.1) is 0 Å². The molecule has 3 aromatic rings. The first-order valence-corrected chi connectivity index (χ1v) is 9.28. The number of aromatic nitrogens is 2. The first kappa shape index (κ1) is 18.6. The van der Waals surface area contributed by atoms with E-state index < -0.39 is 11.6 Å². The second-order valence-electron chi connectivity index (χ2n) is 5.41. The molecule has 1 aromatic heterocycles. The number of hydrogen-bond donors (Lipinski definition) is 0. The first-order chi connectivity index (χ1) is 12.5. The van der Waals surface area contributed by atoms with Gasteiger partial charge in [0.25, 0.3) is 0 Å². The van der Waals surface area contributed by atoms with Gasteiger partial charge in [-0.2, -0.15) is 4.98 Å². The summed E-state index contributed by atoms with van der Waals surface area (Å²) < 4.78 is 32.5. The van der Waals surface area contributed by atoms with Gasteiger partial charge in [0.05, 0.1) is 0 Å². The third-order valence-electron chi connectivity index (χ3n) is 3.51. The summed E-state index contributed by atoms with van der Waals surface area (Å²) in [4.78, 5) is 8.79. The predicted molar refractivity (Wildman–Crippen MR) is 98.9 cm³/mol. The van der Waals surface area contributed by atoms with Crippen molar-refractivity contribution in [1.82, 2.24) is 9.97 Å². The molecule has 0 aliphatic rings. The van der Waals surface area contributed by atoms with Crippen LogP contribution in [0.5, 0.6) is 11.6 Å². The highest BCUT2D eigenvalue weighted by Crippen LogP contribution is 2.27. The largest absolute Gasteiger partial charge is 0.439 e. The molecule has 134 valence electrons. The van der Waals surface area contributed by atoms with E-state index in [0.717, 1.165) is 11.8 Å². The summed E-state index contributed by atoms with van der Waals surface area (Å²) >= 11 is 7.14. The van der Waals surface area contributed by atoms with Gasteiger partial charge in [-0.05, 0) is 42.3 Å². The minimum atomic E-state index is -0.598. The van der Waals surface area contributed by atoms with Crippen LogP contribution >= 0.6 is 23.4 Å². The Morgan fingerprint density at radius 3 is 2.50 bits per heavy atom. The van der Waals surface area contributed by atoms with Crippen molar-refractivity contribution in [2.75, 3.05) is 0 Å². The number of hydrogen-bond acceptors (Lipinski definition) is 4. The van der Waals surface area contributed by atoms with E-state index in [-0.39, 0.29) is 0 Å². The van der Waals surface area contributed by atoms with Crippen molar-refractivity contribution in [3.05, 3.63) is 76.4 Å². The number of aryl methyl sites for hydroxylation is 1. The van der Waals surface area contributed by atoms with E-state index in [1.807, 2.05) is 6.92 Å². The van der Waals surface area contributed by atoms with E-state index in [9.17, 15) is 8.78 Å². The van der Waals surface area contributed by atoms with Crippen LogP contribution in [0.3, 0.4) is 0 Å². The molecule has 0 saturated carbocycles. The third-order valence-corrected chi connectivity index (χ3v) is 4.65. The van der Waals surface area contributed by atoms with Crippen molar-refractivity contribution in [2.24, 2.45) is 0 Å². The first-order valence-electron chi connectivity index (χ1n) is 7.91. The zero-order valence-corrected chi connectivity index (χ0v) is 15.5. The molecule has 7 heteroatoms. The van der Waals surface area contributed by atoms with Crippen molar-refractivity contribution < 1.29 is 13.5 Å². The SMILES string of the molecule is CCc1cc(Oc2ccc(Cl)cc2)nc(SCc2ccc(F)cc2F)n1. The highest BCUT2D eigenvalue weighted by atomic mass is 35.5. The molecular formula is C19H15ClF2N2OS. The van der Waals surface area contributed by atoms with E-state index in [4.69, 9.17) is 16.3 Å². The second kappa shape index (κ2) is 8.47. The van der Waals surface area contributed by atoms with E-state index in [0.29, 0.717) is 39.5 Å². The van der Waals surface area contributed by atoms with Crippen molar-refractivity contribution in [3.8, 4) is 11.6 Å². The maximum absolute atomic E-state index is 13.8. The molecule has 3 nitrogen and oxygen atoms in total. The van der Waals surface area contributed by atoms with Gasteiger partial charge < -0.3 is 4.74 Å². The van der Waals surface area contributed by atoms with Gasteiger partial charge in [0.2, 0.25) is 5.88 Å². The average Bonchev–Trinajstić information content (AvgIpc) is 2.63. The molecule has 0 N–H and O–H groups in total. The van der Waals surface area contributed by atoms with Crippen LogP contribution in [-0.2, 0) is 12.2 Å². The standard InChI is InChI=1S/C19H15ClF2N2OS/c1-2-15-10-18(25-16-7-4-13(20)5-8-16)24-19(23-15)26-11-12-3-6-14(21)9-17(12)22/h3-10H,2,11H2,1H3. The summed E-state index contributed by atoms with van der Waals surface area (Å²) in [5.41, 5.74) is 1.20. The summed E-state index contributed by atoms with van der Waals surface area (Å²) in [6.45, 7) is 1.97. The lowest BCUT2D eigenvalue weighted by Crippen LogP contribution is -1.98. The predicted octanol–water partition coefficient (Wildman–Crippen LogP) is 6.06. The molecule has 0 bridgehead atoms. The summed E-state index contributed by atoms with van der Waals surface area (Å²) in [5.74, 6) is 0.123. The molecule has 1 heterocycles. The Morgan fingerprint density at radius 2 is 1.81 bits per heavy atom. The highest BCUT2D eigenvalue weighted by molar-refractivity contribution is 7.98.